The van der Waals surface area contributed by atoms with Crippen LogP contribution in [0.1, 0.15) is 15.9 Å². The molecular formula is C9H9LiO2. The van der Waals surface area contributed by atoms with Crippen molar-refractivity contribution in [3.63, 3.8) is 0 Å². The molecule has 0 aliphatic carbocycles. The van der Waals surface area contributed by atoms with E-state index >= 15 is 0 Å². The Labute approximate surface area is 84.1 Å². The molecule has 0 fully saturated rings. The van der Waals surface area contributed by atoms with E-state index in [2.05, 4.69) is 6.92 Å². The van der Waals surface area contributed by atoms with Crippen molar-refractivity contribution in [2.24, 2.45) is 0 Å². The fourth-order valence-corrected chi connectivity index (χ4v) is 0.901. The predicted octanol–water partition coefficient (Wildman–Crippen LogP) is -1.31. The van der Waals surface area contributed by atoms with Crippen LogP contribution in [-0.2, 0) is 0 Å². The number of methoxy groups -OCH3 is 1. The Hall–Kier alpha value is -0.843. The van der Waals surface area contributed by atoms with Crippen LogP contribution >= 0.6 is 0 Å². The second kappa shape index (κ2) is 4.92. The normalized spacial score (nSPS) is 8.42. The first-order chi connectivity index (χ1) is 5.29. The van der Waals surface area contributed by atoms with Gasteiger partial charge >= 0.3 is 18.9 Å². The quantitative estimate of drug-likeness (QED) is 0.302. The smallest absolute Gasteiger partial charge is 0.509 e. The molecular weight excluding hydrogens is 147 g/mol. The average molecular weight is 156 g/mol. The van der Waals surface area contributed by atoms with Crippen molar-refractivity contribution in [1.82, 2.24) is 0 Å². The van der Waals surface area contributed by atoms with Crippen LogP contribution in [0.3, 0.4) is 0 Å². The molecule has 1 rings (SSSR count). The van der Waals surface area contributed by atoms with Crippen LogP contribution < -0.4 is 23.6 Å². The Kier molecular flexibility index (Phi) is 4.57. The standard InChI is InChI=1S/C9H9O2.Li/c1-7-4-3-5-9(11-2)8(7)6-10;/h3-6H,1H2,2H3;/q-1;+1. The largest absolute Gasteiger partial charge is 1.00 e. The number of aldehydes is 1. The minimum Gasteiger partial charge on any atom is -0.509 e. The van der Waals surface area contributed by atoms with Crippen LogP contribution in [0.4, 0.5) is 0 Å². The predicted molar refractivity (Wildman–Crippen MR) is 42.8 cm³/mol. The third kappa shape index (κ3) is 2.07. The number of benzene rings is 1. The van der Waals surface area contributed by atoms with Crippen LogP contribution in [0.25, 0.3) is 0 Å². The van der Waals surface area contributed by atoms with Gasteiger partial charge < -0.3 is 9.53 Å². The summed E-state index contributed by atoms with van der Waals surface area (Å²) in [6.07, 6.45) is 0.751. The van der Waals surface area contributed by atoms with Crippen LogP contribution in [-0.4, -0.2) is 13.4 Å². The molecule has 58 valence electrons. The molecule has 0 aliphatic heterocycles. The minimum atomic E-state index is 0. The second-order valence-corrected chi connectivity index (χ2v) is 2.15. The minimum absolute atomic E-state index is 0. The van der Waals surface area contributed by atoms with E-state index in [1.54, 1.807) is 18.2 Å². The Morgan fingerprint density at radius 2 is 2.17 bits per heavy atom. The van der Waals surface area contributed by atoms with E-state index < -0.39 is 0 Å². The van der Waals surface area contributed by atoms with E-state index in [-0.39, 0.29) is 18.9 Å². The molecule has 12 heavy (non-hydrogen) atoms. The van der Waals surface area contributed by atoms with E-state index in [0.29, 0.717) is 16.9 Å². The first kappa shape index (κ1) is 11.2. The molecule has 0 unspecified atom stereocenters. The van der Waals surface area contributed by atoms with Crippen molar-refractivity contribution < 1.29 is 28.4 Å². The molecule has 0 atom stereocenters. The molecule has 0 saturated heterocycles. The SMILES string of the molecule is [CH2-]c1cccc(OC)c1C=O.[Li+]. The summed E-state index contributed by atoms with van der Waals surface area (Å²) < 4.78 is 4.95. The molecule has 1 aromatic carbocycles. The summed E-state index contributed by atoms with van der Waals surface area (Å²) in [4.78, 5) is 10.5. The van der Waals surface area contributed by atoms with E-state index in [9.17, 15) is 4.79 Å². The Bertz CT molecular complexity index is 271. The maximum Gasteiger partial charge on any atom is 1.00 e. The molecule has 0 aromatic heterocycles. The average Bonchev–Trinajstić information content (AvgIpc) is 2.04. The fraction of sp³-hybridized carbons (Fsp3) is 0.111. The number of carbonyl (C=O) groups is 1. The summed E-state index contributed by atoms with van der Waals surface area (Å²) in [5.74, 6) is 0.576. The van der Waals surface area contributed by atoms with Gasteiger partial charge in [0.2, 0.25) is 0 Å². The van der Waals surface area contributed by atoms with Gasteiger partial charge in [-0.2, -0.15) is 18.6 Å². The number of hydrogen-bond donors (Lipinski definition) is 0. The van der Waals surface area contributed by atoms with Gasteiger partial charge in [-0.3, -0.25) is 0 Å². The van der Waals surface area contributed by atoms with E-state index in [1.807, 2.05) is 0 Å². The van der Waals surface area contributed by atoms with Gasteiger partial charge in [-0.1, -0.05) is 0 Å². The third-order valence-corrected chi connectivity index (χ3v) is 1.49. The summed E-state index contributed by atoms with van der Waals surface area (Å²) in [7, 11) is 1.53. The van der Waals surface area contributed by atoms with Gasteiger partial charge in [0, 0.05) is 0 Å². The second-order valence-electron chi connectivity index (χ2n) is 2.15. The number of rotatable bonds is 2. The molecule has 0 spiro atoms. The summed E-state index contributed by atoms with van der Waals surface area (Å²) >= 11 is 0. The number of carbonyl (C=O) groups excluding carboxylic acids is 1. The molecule has 0 saturated carbocycles. The van der Waals surface area contributed by atoms with Crippen LogP contribution in [0.5, 0.6) is 5.75 Å². The van der Waals surface area contributed by atoms with Crippen molar-refractivity contribution in [2.75, 3.05) is 7.11 Å². The Morgan fingerprint density at radius 1 is 1.50 bits per heavy atom. The number of ether oxygens (including phenoxy) is 1. The molecule has 0 amide bonds. The maximum absolute atomic E-state index is 10.5. The van der Waals surface area contributed by atoms with Gasteiger partial charge in [0.1, 0.15) is 0 Å². The van der Waals surface area contributed by atoms with Crippen molar-refractivity contribution in [1.29, 1.82) is 0 Å². The van der Waals surface area contributed by atoms with Crippen LogP contribution in [0.15, 0.2) is 18.2 Å². The monoisotopic (exact) mass is 156 g/mol. The molecule has 0 aliphatic rings. The first-order valence-corrected chi connectivity index (χ1v) is 3.23. The molecule has 3 heteroatoms. The van der Waals surface area contributed by atoms with Crippen LogP contribution in [0.2, 0.25) is 0 Å². The zero-order valence-corrected chi connectivity index (χ0v) is 7.33. The van der Waals surface area contributed by atoms with Gasteiger partial charge in [-0.15, -0.1) is 6.07 Å². The molecule has 1 aromatic rings. The van der Waals surface area contributed by atoms with Gasteiger partial charge in [0.05, 0.1) is 19.1 Å². The van der Waals surface area contributed by atoms with E-state index in [0.717, 1.165) is 6.29 Å². The number of hydrogen-bond acceptors (Lipinski definition) is 2. The van der Waals surface area contributed by atoms with Crippen molar-refractivity contribution in [3.05, 3.63) is 36.2 Å². The molecule has 0 heterocycles. The molecule has 0 N–H and O–H groups in total. The summed E-state index contributed by atoms with van der Waals surface area (Å²) in [5.41, 5.74) is 1.22. The maximum atomic E-state index is 10.5. The Morgan fingerprint density at radius 3 is 2.58 bits per heavy atom. The van der Waals surface area contributed by atoms with E-state index in [4.69, 9.17) is 4.74 Å². The Balaban J connectivity index is 0.00000121. The topological polar surface area (TPSA) is 26.3 Å². The summed E-state index contributed by atoms with van der Waals surface area (Å²) in [6, 6.07) is 5.30. The van der Waals surface area contributed by atoms with Crippen molar-refractivity contribution in [3.8, 4) is 5.75 Å². The fourth-order valence-electron chi connectivity index (χ4n) is 0.901. The zero-order chi connectivity index (χ0) is 8.27. The van der Waals surface area contributed by atoms with E-state index in [1.165, 1.54) is 7.11 Å². The molecule has 0 bridgehead atoms. The molecule has 0 radical (unpaired) electrons. The van der Waals surface area contributed by atoms with Gasteiger partial charge in [0.15, 0.2) is 0 Å². The van der Waals surface area contributed by atoms with Gasteiger partial charge in [-0.25, -0.2) is 0 Å². The van der Waals surface area contributed by atoms with Gasteiger partial charge in [0.25, 0.3) is 0 Å². The summed E-state index contributed by atoms with van der Waals surface area (Å²) in [6.45, 7) is 3.69. The third-order valence-electron chi connectivity index (χ3n) is 1.49. The van der Waals surface area contributed by atoms with Crippen molar-refractivity contribution in [2.45, 2.75) is 0 Å². The van der Waals surface area contributed by atoms with Gasteiger partial charge in [-0.05, 0) is 11.6 Å². The summed E-state index contributed by atoms with van der Waals surface area (Å²) in [5, 5.41) is 0. The zero-order valence-electron chi connectivity index (χ0n) is 7.33. The first-order valence-electron chi connectivity index (χ1n) is 3.23. The van der Waals surface area contributed by atoms with Crippen LogP contribution in [0, 0.1) is 6.92 Å². The molecule has 2 nitrogen and oxygen atoms in total. The van der Waals surface area contributed by atoms with Crippen molar-refractivity contribution >= 4 is 6.29 Å².